The lowest BCUT2D eigenvalue weighted by atomic mass is 9.80. The van der Waals surface area contributed by atoms with Crippen molar-refractivity contribution >= 4 is 18.3 Å². The van der Waals surface area contributed by atoms with Gasteiger partial charge in [-0.3, -0.25) is 4.79 Å². The summed E-state index contributed by atoms with van der Waals surface area (Å²) in [5.74, 6) is 1.65. The van der Waals surface area contributed by atoms with Gasteiger partial charge < -0.3 is 11.1 Å². The van der Waals surface area contributed by atoms with Gasteiger partial charge in [0.25, 0.3) is 0 Å². The Bertz CT molecular complexity index is 223. The SMILES string of the molecule is CC(N)CCC(=O)NC1CC(C)CC(C)C1.Cl. The minimum Gasteiger partial charge on any atom is -0.353 e. The number of hydrogen-bond acceptors (Lipinski definition) is 2. The molecular formula is C13H27ClN2O. The molecule has 3 N–H and O–H groups in total. The summed E-state index contributed by atoms with van der Waals surface area (Å²) >= 11 is 0. The zero-order chi connectivity index (χ0) is 12.1. The molecule has 0 radical (unpaired) electrons. The number of hydrogen-bond donors (Lipinski definition) is 2. The van der Waals surface area contributed by atoms with Gasteiger partial charge in [0.05, 0.1) is 0 Å². The Morgan fingerprint density at radius 2 is 1.82 bits per heavy atom. The minimum absolute atomic E-state index is 0. The molecule has 3 atom stereocenters. The van der Waals surface area contributed by atoms with E-state index in [1.54, 1.807) is 0 Å². The summed E-state index contributed by atoms with van der Waals surface area (Å²) in [5.41, 5.74) is 5.64. The largest absolute Gasteiger partial charge is 0.353 e. The molecule has 0 aliphatic heterocycles. The second-order valence-corrected chi connectivity index (χ2v) is 5.70. The molecule has 0 aromatic heterocycles. The van der Waals surface area contributed by atoms with Crippen molar-refractivity contribution < 1.29 is 4.79 Å². The van der Waals surface area contributed by atoms with Crippen LogP contribution in [0.4, 0.5) is 0 Å². The van der Waals surface area contributed by atoms with E-state index in [2.05, 4.69) is 19.2 Å². The summed E-state index contributed by atoms with van der Waals surface area (Å²) in [4.78, 5) is 11.7. The lowest BCUT2D eigenvalue weighted by Crippen LogP contribution is -2.40. The van der Waals surface area contributed by atoms with Gasteiger partial charge in [0.15, 0.2) is 0 Å². The van der Waals surface area contributed by atoms with Crippen LogP contribution in [-0.4, -0.2) is 18.0 Å². The zero-order valence-corrected chi connectivity index (χ0v) is 12.1. The van der Waals surface area contributed by atoms with Gasteiger partial charge in [-0.2, -0.15) is 0 Å². The van der Waals surface area contributed by atoms with E-state index in [1.807, 2.05) is 6.92 Å². The normalized spacial score (nSPS) is 30.2. The standard InChI is InChI=1S/C13H26N2O.ClH/c1-9-6-10(2)8-12(7-9)15-13(16)5-4-11(3)14;/h9-12H,4-8,14H2,1-3H3,(H,15,16);1H. The van der Waals surface area contributed by atoms with Crippen LogP contribution in [0.3, 0.4) is 0 Å². The maximum atomic E-state index is 11.7. The van der Waals surface area contributed by atoms with Gasteiger partial charge in [0.1, 0.15) is 0 Å². The molecule has 4 heteroatoms. The Labute approximate surface area is 111 Å². The van der Waals surface area contributed by atoms with E-state index >= 15 is 0 Å². The number of halogens is 1. The zero-order valence-electron chi connectivity index (χ0n) is 11.2. The van der Waals surface area contributed by atoms with E-state index in [-0.39, 0.29) is 24.4 Å². The molecule has 3 unspecified atom stereocenters. The molecule has 0 aromatic carbocycles. The molecule has 1 saturated carbocycles. The first kappa shape index (κ1) is 16.7. The summed E-state index contributed by atoms with van der Waals surface area (Å²) < 4.78 is 0. The minimum atomic E-state index is 0. The number of carbonyl (C=O) groups is 1. The van der Waals surface area contributed by atoms with Gasteiger partial charge in [0, 0.05) is 18.5 Å². The molecule has 1 fully saturated rings. The lowest BCUT2D eigenvalue weighted by Gasteiger charge is -2.32. The van der Waals surface area contributed by atoms with Gasteiger partial charge in [-0.05, 0) is 44.4 Å². The van der Waals surface area contributed by atoms with Crippen LogP contribution in [0.15, 0.2) is 0 Å². The fourth-order valence-corrected chi connectivity index (χ4v) is 2.72. The van der Waals surface area contributed by atoms with Crippen molar-refractivity contribution in [2.45, 2.75) is 65.0 Å². The van der Waals surface area contributed by atoms with Crippen LogP contribution in [0.1, 0.15) is 52.9 Å². The number of amides is 1. The number of rotatable bonds is 4. The third-order valence-corrected chi connectivity index (χ3v) is 3.37. The lowest BCUT2D eigenvalue weighted by molar-refractivity contribution is -0.122. The monoisotopic (exact) mass is 262 g/mol. The van der Waals surface area contributed by atoms with Gasteiger partial charge in [0.2, 0.25) is 5.91 Å². The topological polar surface area (TPSA) is 55.1 Å². The molecule has 1 aliphatic rings. The van der Waals surface area contributed by atoms with Crippen molar-refractivity contribution in [2.24, 2.45) is 17.6 Å². The highest BCUT2D eigenvalue weighted by molar-refractivity contribution is 5.85. The van der Waals surface area contributed by atoms with E-state index in [1.165, 1.54) is 6.42 Å². The fourth-order valence-electron chi connectivity index (χ4n) is 2.72. The Morgan fingerprint density at radius 3 is 2.29 bits per heavy atom. The Hall–Kier alpha value is -0.280. The van der Waals surface area contributed by atoms with Gasteiger partial charge in [-0.1, -0.05) is 13.8 Å². The molecule has 0 heterocycles. The van der Waals surface area contributed by atoms with Crippen LogP contribution >= 0.6 is 12.4 Å². The Morgan fingerprint density at radius 1 is 1.29 bits per heavy atom. The molecule has 102 valence electrons. The quantitative estimate of drug-likeness (QED) is 0.818. The first-order chi connectivity index (χ1) is 7.47. The summed E-state index contributed by atoms with van der Waals surface area (Å²) in [6, 6.07) is 0.509. The molecule has 0 bridgehead atoms. The Balaban J connectivity index is 0.00000256. The predicted molar refractivity (Wildman–Crippen MR) is 74.2 cm³/mol. The molecule has 1 amide bonds. The van der Waals surface area contributed by atoms with Gasteiger partial charge >= 0.3 is 0 Å². The predicted octanol–water partition coefficient (Wildman–Crippen LogP) is 2.48. The van der Waals surface area contributed by atoms with Gasteiger partial charge in [-0.15, -0.1) is 12.4 Å². The van der Waals surface area contributed by atoms with E-state index in [0.717, 1.165) is 31.1 Å². The fraction of sp³-hybridized carbons (Fsp3) is 0.923. The van der Waals surface area contributed by atoms with Crippen molar-refractivity contribution in [2.75, 3.05) is 0 Å². The van der Waals surface area contributed by atoms with Crippen molar-refractivity contribution in [1.29, 1.82) is 0 Å². The summed E-state index contributed by atoms with van der Waals surface area (Å²) in [6.07, 6.45) is 4.91. The molecule has 3 nitrogen and oxygen atoms in total. The molecule has 0 saturated heterocycles. The van der Waals surface area contributed by atoms with Crippen LogP contribution in [0.25, 0.3) is 0 Å². The van der Waals surface area contributed by atoms with Crippen LogP contribution in [-0.2, 0) is 4.79 Å². The van der Waals surface area contributed by atoms with E-state index < -0.39 is 0 Å². The number of nitrogens with two attached hydrogens (primary N) is 1. The Kier molecular flexibility index (Phi) is 7.80. The van der Waals surface area contributed by atoms with E-state index in [4.69, 9.17) is 5.73 Å². The molecular weight excluding hydrogens is 236 g/mol. The highest BCUT2D eigenvalue weighted by Crippen LogP contribution is 2.28. The highest BCUT2D eigenvalue weighted by Gasteiger charge is 2.24. The second kappa shape index (κ2) is 7.93. The molecule has 0 spiro atoms. The smallest absolute Gasteiger partial charge is 0.220 e. The average Bonchev–Trinajstić information content (AvgIpc) is 2.12. The molecule has 1 rings (SSSR count). The first-order valence-corrected chi connectivity index (χ1v) is 6.52. The summed E-state index contributed by atoms with van der Waals surface area (Å²) in [6.45, 7) is 6.49. The summed E-state index contributed by atoms with van der Waals surface area (Å²) in [7, 11) is 0. The first-order valence-electron chi connectivity index (χ1n) is 6.52. The van der Waals surface area contributed by atoms with Crippen LogP contribution in [0, 0.1) is 11.8 Å². The van der Waals surface area contributed by atoms with Crippen LogP contribution in [0.5, 0.6) is 0 Å². The number of nitrogens with one attached hydrogen (secondary N) is 1. The van der Waals surface area contributed by atoms with E-state index in [0.29, 0.717) is 12.5 Å². The third-order valence-electron chi connectivity index (χ3n) is 3.37. The highest BCUT2D eigenvalue weighted by atomic mass is 35.5. The van der Waals surface area contributed by atoms with Crippen molar-refractivity contribution in [3.8, 4) is 0 Å². The number of carbonyl (C=O) groups excluding carboxylic acids is 1. The van der Waals surface area contributed by atoms with E-state index in [9.17, 15) is 4.79 Å². The molecule has 1 aliphatic carbocycles. The average molecular weight is 263 g/mol. The third kappa shape index (κ3) is 6.89. The van der Waals surface area contributed by atoms with Gasteiger partial charge in [-0.25, -0.2) is 0 Å². The van der Waals surface area contributed by atoms with Crippen molar-refractivity contribution in [1.82, 2.24) is 5.32 Å². The van der Waals surface area contributed by atoms with Crippen LogP contribution < -0.4 is 11.1 Å². The maximum Gasteiger partial charge on any atom is 0.220 e. The molecule has 17 heavy (non-hydrogen) atoms. The second-order valence-electron chi connectivity index (χ2n) is 5.70. The summed E-state index contributed by atoms with van der Waals surface area (Å²) in [5, 5.41) is 3.14. The van der Waals surface area contributed by atoms with Crippen LogP contribution in [0.2, 0.25) is 0 Å². The van der Waals surface area contributed by atoms with Crippen molar-refractivity contribution in [3.63, 3.8) is 0 Å². The van der Waals surface area contributed by atoms with Crippen molar-refractivity contribution in [3.05, 3.63) is 0 Å². The molecule has 0 aromatic rings. The maximum absolute atomic E-state index is 11.7.